The third kappa shape index (κ3) is 5.21. The van der Waals surface area contributed by atoms with Gasteiger partial charge in [-0.3, -0.25) is 9.78 Å². The fraction of sp³-hybridized carbons (Fsp3) is 0.250. The molecule has 154 valence electrons. The fourth-order valence-corrected chi connectivity index (χ4v) is 3.55. The number of benzene rings is 2. The van der Waals surface area contributed by atoms with Crippen LogP contribution in [0.3, 0.4) is 0 Å². The van der Waals surface area contributed by atoms with Gasteiger partial charge in [-0.2, -0.15) is 0 Å². The standard InChI is InChI=1S/C24H23FN2O3/c25-21-5-1-3-18(12-21)14-30-22-6-2-4-19(13-22)24(28)27-23-16-29-15-20(23)11-17-7-9-26-10-8-17/h1-10,12-13,20,23H,11,14-16H2,(H,27,28)/t20-,23+/m1/s1. The predicted molar refractivity (Wildman–Crippen MR) is 111 cm³/mol. The second-order valence-corrected chi connectivity index (χ2v) is 7.38. The van der Waals surface area contributed by atoms with Gasteiger partial charge in [0.15, 0.2) is 0 Å². The number of aromatic nitrogens is 1. The molecule has 2 atom stereocenters. The van der Waals surface area contributed by atoms with Crippen molar-refractivity contribution in [2.24, 2.45) is 5.92 Å². The highest BCUT2D eigenvalue weighted by atomic mass is 19.1. The normalized spacial score (nSPS) is 18.2. The van der Waals surface area contributed by atoms with Crippen molar-refractivity contribution in [2.75, 3.05) is 13.2 Å². The molecule has 1 aliphatic heterocycles. The Kier molecular flexibility index (Phi) is 6.35. The minimum Gasteiger partial charge on any atom is -0.489 e. The zero-order valence-corrected chi connectivity index (χ0v) is 16.5. The van der Waals surface area contributed by atoms with Gasteiger partial charge in [0.2, 0.25) is 0 Å². The lowest BCUT2D eigenvalue weighted by atomic mass is 9.95. The van der Waals surface area contributed by atoms with Crippen LogP contribution in [0.25, 0.3) is 0 Å². The van der Waals surface area contributed by atoms with Gasteiger partial charge in [-0.15, -0.1) is 0 Å². The molecule has 2 heterocycles. The highest BCUT2D eigenvalue weighted by Gasteiger charge is 2.30. The minimum atomic E-state index is -0.302. The molecular weight excluding hydrogens is 383 g/mol. The molecule has 0 bridgehead atoms. The Morgan fingerprint density at radius 2 is 1.90 bits per heavy atom. The van der Waals surface area contributed by atoms with Crippen LogP contribution in [-0.4, -0.2) is 30.1 Å². The lowest BCUT2D eigenvalue weighted by Crippen LogP contribution is -2.40. The summed E-state index contributed by atoms with van der Waals surface area (Å²) in [4.78, 5) is 16.8. The van der Waals surface area contributed by atoms with E-state index in [1.807, 2.05) is 12.1 Å². The van der Waals surface area contributed by atoms with E-state index in [9.17, 15) is 9.18 Å². The van der Waals surface area contributed by atoms with E-state index in [1.165, 1.54) is 17.7 Å². The number of carbonyl (C=O) groups excluding carboxylic acids is 1. The van der Waals surface area contributed by atoms with Crippen molar-refractivity contribution in [2.45, 2.75) is 19.1 Å². The molecule has 0 unspecified atom stereocenters. The number of halogens is 1. The summed E-state index contributed by atoms with van der Waals surface area (Å²) in [5, 5.41) is 3.09. The molecule has 1 fully saturated rings. The summed E-state index contributed by atoms with van der Waals surface area (Å²) in [6.45, 7) is 1.34. The van der Waals surface area contributed by atoms with Crippen LogP contribution in [0.5, 0.6) is 5.75 Å². The molecule has 0 saturated carbocycles. The highest BCUT2D eigenvalue weighted by Crippen LogP contribution is 2.21. The SMILES string of the molecule is O=C(N[C@H]1COC[C@H]1Cc1ccncc1)c1cccc(OCc2cccc(F)c2)c1. The van der Waals surface area contributed by atoms with Gasteiger partial charge in [-0.05, 0) is 60.0 Å². The Balaban J connectivity index is 1.36. The Bertz CT molecular complexity index is 997. The molecule has 1 saturated heterocycles. The summed E-state index contributed by atoms with van der Waals surface area (Å²) in [6.07, 6.45) is 4.37. The van der Waals surface area contributed by atoms with Gasteiger partial charge in [0.25, 0.3) is 5.91 Å². The van der Waals surface area contributed by atoms with Crippen LogP contribution in [0.2, 0.25) is 0 Å². The maximum atomic E-state index is 13.3. The monoisotopic (exact) mass is 406 g/mol. The molecule has 5 nitrogen and oxygen atoms in total. The van der Waals surface area contributed by atoms with E-state index in [0.29, 0.717) is 24.5 Å². The molecular formula is C24H23FN2O3. The molecule has 1 N–H and O–H groups in total. The van der Waals surface area contributed by atoms with Gasteiger partial charge < -0.3 is 14.8 Å². The Morgan fingerprint density at radius 3 is 2.73 bits per heavy atom. The largest absolute Gasteiger partial charge is 0.489 e. The maximum absolute atomic E-state index is 13.3. The lowest BCUT2D eigenvalue weighted by molar-refractivity contribution is 0.0924. The number of nitrogens with one attached hydrogen (secondary N) is 1. The molecule has 0 radical (unpaired) electrons. The van der Waals surface area contributed by atoms with Gasteiger partial charge in [0, 0.05) is 23.9 Å². The lowest BCUT2D eigenvalue weighted by Gasteiger charge is -2.19. The van der Waals surface area contributed by atoms with E-state index in [2.05, 4.69) is 10.3 Å². The average molecular weight is 406 g/mol. The van der Waals surface area contributed by atoms with Gasteiger partial charge in [0.1, 0.15) is 18.2 Å². The molecule has 6 heteroatoms. The summed E-state index contributed by atoms with van der Waals surface area (Å²) in [6, 6.07) is 17.2. The number of hydrogen-bond donors (Lipinski definition) is 1. The third-order valence-corrected chi connectivity index (χ3v) is 5.15. The Morgan fingerprint density at radius 1 is 1.07 bits per heavy atom. The van der Waals surface area contributed by atoms with E-state index < -0.39 is 0 Å². The number of amides is 1. The summed E-state index contributed by atoms with van der Waals surface area (Å²) in [5.41, 5.74) is 2.42. The van der Waals surface area contributed by atoms with E-state index >= 15 is 0 Å². The molecule has 1 amide bonds. The minimum absolute atomic E-state index is 0.0532. The number of hydrogen-bond acceptors (Lipinski definition) is 4. The number of carbonyl (C=O) groups is 1. The first-order valence-electron chi connectivity index (χ1n) is 9.92. The summed E-state index contributed by atoms with van der Waals surface area (Å²) in [5.74, 6) is 0.303. The zero-order chi connectivity index (χ0) is 20.8. The Hall–Kier alpha value is -3.25. The number of rotatable bonds is 7. The quantitative estimate of drug-likeness (QED) is 0.649. The smallest absolute Gasteiger partial charge is 0.251 e. The summed E-state index contributed by atoms with van der Waals surface area (Å²) < 4.78 is 24.6. The van der Waals surface area contributed by atoms with Crippen molar-refractivity contribution >= 4 is 5.91 Å². The molecule has 3 aromatic rings. The van der Waals surface area contributed by atoms with Crippen molar-refractivity contribution in [1.82, 2.24) is 10.3 Å². The maximum Gasteiger partial charge on any atom is 0.251 e. The van der Waals surface area contributed by atoms with Crippen LogP contribution in [-0.2, 0) is 17.8 Å². The molecule has 2 aromatic carbocycles. The topological polar surface area (TPSA) is 60.5 Å². The van der Waals surface area contributed by atoms with E-state index in [1.54, 1.807) is 48.8 Å². The first kappa shape index (κ1) is 20.0. The van der Waals surface area contributed by atoms with Crippen LogP contribution in [0.15, 0.2) is 73.1 Å². The van der Waals surface area contributed by atoms with Crippen LogP contribution >= 0.6 is 0 Å². The third-order valence-electron chi connectivity index (χ3n) is 5.15. The molecule has 0 spiro atoms. The van der Waals surface area contributed by atoms with Crippen molar-refractivity contribution < 1.29 is 18.7 Å². The zero-order valence-electron chi connectivity index (χ0n) is 16.5. The fourth-order valence-electron chi connectivity index (χ4n) is 3.55. The van der Waals surface area contributed by atoms with Gasteiger partial charge in [0.05, 0.1) is 19.3 Å². The van der Waals surface area contributed by atoms with Crippen molar-refractivity contribution in [3.05, 3.63) is 95.6 Å². The summed E-state index contributed by atoms with van der Waals surface area (Å²) in [7, 11) is 0. The second kappa shape index (κ2) is 9.50. The van der Waals surface area contributed by atoms with Crippen molar-refractivity contribution in [3.63, 3.8) is 0 Å². The van der Waals surface area contributed by atoms with Gasteiger partial charge in [-0.25, -0.2) is 4.39 Å². The molecule has 0 aliphatic carbocycles. The summed E-state index contributed by atoms with van der Waals surface area (Å²) >= 11 is 0. The first-order chi connectivity index (χ1) is 14.7. The number of nitrogens with zero attached hydrogens (tertiary/aromatic N) is 1. The van der Waals surface area contributed by atoms with Crippen LogP contribution in [0.4, 0.5) is 4.39 Å². The Labute approximate surface area is 174 Å². The van der Waals surface area contributed by atoms with Crippen molar-refractivity contribution in [3.8, 4) is 5.75 Å². The van der Waals surface area contributed by atoms with E-state index in [0.717, 1.165) is 12.0 Å². The van der Waals surface area contributed by atoms with Gasteiger partial charge >= 0.3 is 0 Å². The number of ether oxygens (including phenoxy) is 2. The molecule has 30 heavy (non-hydrogen) atoms. The number of pyridine rings is 1. The molecule has 1 aliphatic rings. The average Bonchev–Trinajstić information content (AvgIpc) is 3.19. The van der Waals surface area contributed by atoms with Crippen LogP contribution in [0, 0.1) is 11.7 Å². The predicted octanol–water partition coefficient (Wildman–Crippen LogP) is 3.79. The second-order valence-electron chi connectivity index (χ2n) is 7.38. The molecule has 4 rings (SSSR count). The van der Waals surface area contributed by atoms with Crippen LogP contribution < -0.4 is 10.1 Å². The highest BCUT2D eigenvalue weighted by molar-refractivity contribution is 5.94. The van der Waals surface area contributed by atoms with Crippen LogP contribution in [0.1, 0.15) is 21.5 Å². The molecule has 1 aromatic heterocycles. The van der Waals surface area contributed by atoms with E-state index in [-0.39, 0.29) is 30.3 Å². The van der Waals surface area contributed by atoms with Crippen molar-refractivity contribution in [1.29, 1.82) is 0 Å². The van der Waals surface area contributed by atoms with Gasteiger partial charge in [-0.1, -0.05) is 18.2 Å². The van der Waals surface area contributed by atoms with E-state index in [4.69, 9.17) is 9.47 Å². The first-order valence-corrected chi connectivity index (χ1v) is 9.92.